The first-order valence-electron chi connectivity index (χ1n) is 7.69. The van der Waals surface area contributed by atoms with Crippen LogP contribution in [0, 0.1) is 0 Å². The van der Waals surface area contributed by atoms with Crippen molar-refractivity contribution in [3.8, 4) is 0 Å². The van der Waals surface area contributed by atoms with Gasteiger partial charge >= 0.3 is 6.09 Å². The zero-order valence-electron chi connectivity index (χ0n) is 13.3. The molecule has 0 aliphatic heterocycles. The van der Waals surface area contributed by atoms with Crippen LogP contribution in [0.4, 0.5) is 4.79 Å². The van der Waals surface area contributed by atoms with Crippen molar-refractivity contribution in [2.24, 2.45) is 0 Å². The van der Waals surface area contributed by atoms with E-state index < -0.39 is 5.60 Å². The molecule has 0 aromatic heterocycles. The van der Waals surface area contributed by atoms with E-state index >= 15 is 0 Å². The lowest BCUT2D eigenvalue weighted by Crippen LogP contribution is -2.36. The molecule has 0 radical (unpaired) electrons. The van der Waals surface area contributed by atoms with Gasteiger partial charge < -0.3 is 4.74 Å². The van der Waals surface area contributed by atoms with Crippen molar-refractivity contribution < 1.29 is 9.53 Å². The molecule has 0 spiro atoms. The van der Waals surface area contributed by atoms with Crippen LogP contribution in [0.1, 0.15) is 52.0 Å². The number of ether oxygens (including phenoxy) is 1. The van der Waals surface area contributed by atoms with E-state index in [0.717, 1.165) is 30.5 Å². The van der Waals surface area contributed by atoms with Gasteiger partial charge in [-0.25, -0.2) is 4.79 Å². The van der Waals surface area contributed by atoms with Gasteiger partial charge in [-0.3, -0.25) is 4.90 Å². The number of benzene rings is 1. The smallest absolute Gasteiger partial charge is 0.414 e. The third-order valence-electron chi connectivity index (χ3n) is 3.41. The zero-order chi connectivity index (χ0) is 15.3. The maximum Gasteiger partial charge on any atom is 0.414 e. The van der Waals surface area contributed by atoms with Crippen molar-refractivity contribution in [2.75, 3.05) is 0 Å². The van der Waals surface area contributed by atoms with Crippen molar-refractivity contribution in [1.82, 2.24) is 4.90 Å². The van der Waals surface area contributed by atoms with E-state index in [1.54, 1.807) is 4.90 Å². The molecule has 1 aromatic rings. The number of hydrogen-bond acceptors (Lipinski definition) is 2. The summed E-state index contributed by atoms with van der Waals surface area (Å²) < 4.78 is 5.57. The molecular weight excluding hydrogens is 262 g/mol. The highest BCUT2D eigenvalue weighted by atomic mass is 16.6. The summed E-state index contributed by atoms with van der Waals surface area (Å²) in [6, 6.07) is 10.1. The molecule has 1 aliphatic carbocycles. The minimum Gasteiger partial charge on any atom is -0.443 e. The van der Waals surface area contributed by atoms with Gasteiger partial charge in [0.05, 0.1) is 6.54 Å². The molecule has 0 unspecified atom stereocenters. The largest absolute Gasteiger partial charge is 0.443 e. The minimum absolute atomic E-state index is 0.250. The summed E-state index contributed by atoms with van der Waals surface area (Å²) in [5.41, 5.74) is 1.75. The van der Waals surface area contributed by atoms with Gasteiger partial charge in [-0.15, -0.1) is 0 Å². The molecule has 3 nitrogen and oxygen atoms in total. The summed E-state index contributed by atoms with van der Waals surface area (Å²) in [6.07, 6.45) is 6.27. The standard InChI is InChI=1S/C18H25NO2/c1-18(2,3)21-17(20)19(16-12-8-5-9-13-16)14-15-10-6-4-7-11-15/h4,6-7,10-12H,5,8-9,13-14H2,1-3H3. The lowest BCUT2D eigenvalue weighted by Gasteiger charge is -2.30. The van der Waals surface area contributed by atoms with Crippen LogP contribution >= 0.6 is 0 Å². The van der Waals surface area contributed by atoms with E-state index in [9.17, 15) is 4.79 Å². The van der Waals surface area contributed by atoms with Gasteiger partial charge in [0, 0.05) is 5.70 Å². The molecule has 21 heavy (non-hydrogen) atoms. The quantitative estimate of drug-likeness (QED) is 0.792. The number of amides is 1. The molecule has 0 heterocycles. The molecule has 0 bridgehead atoms. The Morgan fingerprint density at radius 3 is 2.48 bits per heavy atom. The first-order chi connectivity index (χ1) is 9.96. The molecule has 0 atom stereocenters. The van der Waals surface area contributed by atoms with Crippen LogP contribution in [0.15, 0.2) is 42.1 Å². The van der Waals surface area contributed by atoms with Crippen LogP contribution in [0.25, 0.3) is 0 Å². The highest BCUT2D eigenvalue weighted by Gasteiger charge is 2.25. The Hall–Kier alpha value is -1.77. The maximum absolute atomic E-state index is 12.5. The second-order valence-electron chi connectivity index (χ2n) is 6.49. The number of carbonyl (C=O) groups excluding carboxylic acids is 1. The predicted molar refractivity (Wildman–Crippen MR) is 84.8 cm³/mol. The van der Waals surface area contributed by atoms with E-state index in [-0.39, 0.29) is 6.09 Å². The lowest BCUT2D eigenvalue weighted by molar-refractivity contribution is 0.0291. The Bertz CT molecular complexity index is 500. The van der Waals surface area contributed by atoms with Crippen LogP contribution in [0.3, 0.4) is 0 Å². The van der Waals surface area contributed by atoms with Crippen LogP contribution in [0.2, 0.25) is 0 Å². The van der Waals surface area contributed by atoms with Crippen molar-refractivity contribution in [1.29, 1.82) is 0 Å². The predicted octanol–water partition coefficient (Wildman–Crippen LogP) is 4.88. The first kappa shape index (κ1) is 15.6. The third kappa shape index (κ3) is 4.92. The SMILES string of the molecule is CC(C)(C)OC(=O)N(Cc1ccccc1)C1=CCCCC1. The van der Waals surface area contributed by atoms with Crippen LogP contribution < -0.4 is 0 Å². The molecule has 3 heteroatoms. The second kappa shape index (κ2) is 6.79. The van der Waals surface area contributed by atoms with Crippen molar-refractivity contribution in [2.45, 2.75) is 58.6 Å². The Morgan fingerprint density at radius 1 is 1.19 bits per heavy atom. The third-order valence-corrected chi connectivity index (χ3v) is 3.41. The van der Waals surface area contributed by atoms with E-state index in [1.807, 2.05) is 51.1 Å². The Morgan fingerprint density at radius 2 is 1.90 bits per heavy atom. The van der Waals surface area contributed by atoms with Crippen LogP contribution in [-0.2, 0) is 11.3 Å². The molecule has 2 rings (SSSR count). The molecule has 114 valence electrons. The van der Waals surface area contributed by atoms with Crippen molar-refractivity contribution in [3.05, 3.63) is 47.7 Å². The normalized spacial score (nSPS) is 15.3. The maximum atomic E-state index is 12.5. The highest BCUT2D eigenvalue weighted by molar-refractivity contribution is 5.70. The Balaban J connectivity index is 2.17. The fourth-order valence-corrected chi connectivity index (χ4v) is 2.43. The fraction of sp³-hybridized carbons (Fsp3) is 0.500. The van der Waals surface area contributed by atoms with E-state index in [2.05, 4.69) is 6.08 Å². The summed E-state index contributed by atoms with van der Waals surface area (Å²) >= 11 is 0. The van der Waals surface area contributed by atoms with E-state index in [4.69, 9.17) is 4.74 Å². The van der Waals surface area contributed by atoms with E-state index in [0.29, 0.717) is 6.54 Å². The number of carbonyl (C=O) groups is 1. The summed E-state index contributed by atoms with van der Waals surface area (Å²) in [5.74, 6) is 0. The molecule has 1 amide bonds. The van der Waals surface area contributed by atoms with Gasteiger partial charge in [0.15, 0.2) is 0 Å². The number of nitrogens with zero attached hydrogens (tertiary/aromatic N) is 1. The van der Waals surface area contributed by atoms with E-state index in [1.165, 1.54) is 6.42 Å². The van der Waals surface area contributed by atoms with Gasteiger partial charge in [-0.05, 0) is 52.0 Å². The van der Waals surface area contributed by atoms with Gasteiger partial charge in [-0.2, -0.15) is 0 Å². The topological polar surface area (TPSA) is 29.5 Å². The zero-order valence-corrected chi connectivity index (χ0v) is 13.3. The minimum atomic E-state index is -0.471. The van der Waals surface area contributed by atoms with Gasteiger partial charge in [0.1, 0.15) is 5.60 Å². The molecule has 1 aliphatic rings. The molecule has 0 N–H and O–H groups in total. The second-order valence-corrected chi connectivity index (χ2v) is 6.49. The van der Waals surface area contributed by atoms with Gasteiger partial charge in [0.25, 0.3) is 0 Å². The fourth-order valence-electron chi connectivity index (χ4n) is 2.43. The lowest BCUT2D eigenvalue weighted by atomic mass is 10.0. The van der Waals surface area contributed by atoms with Gasteiger partial charge in [-0.1, -0.05) is 36.4 Å². The molecular formula is C18H25NO2. The number of hydrogen-bond donors (Lipinski definition) is 0. The Kier molecular flexibility index (Phi) is 5.05. The van der Waals surface area contributed by atoms with Crippen LogP contribution in [0.5, 0.6) is 0 Å². The van der Waals surface area contributed by atoms with Crippen molar-refractivity contribution in [3.63, 3.8) is 0 Å². The summed E-state index contributed by atoms with van der Waals surface area (Å²) in [4.78, 5) is 14.3. The summed E-state index contributed by atoms with van der Waals surface area (Å²) in [5, 5.41) is 0. The monoisotopic (exact) mass is 287 g/mol. The average molecular weight is 287 g/mol. The number of rotatable bonds is 3. The molecule has 1 aromatic carbocycles. The Labute approximate surface area is 127 Å². The first-order valence-corrected chi connectivity index (χ1v) is 7.69. The highest BCUT2D eigenvalue weighted by Crippen LogP contribution is 2.25. The van der Waals surface area contributed by atoms with Crippen LogP contribution in [-0.4, -0.2) is 16.6 Å². The summed E-state index contributed by atoms with van der Waals surface area (Å²) in [6.45, 7) is 6.28. The molecule has 0 saturated heterocycles. The molecule has 0 saturated carbocycles. The molecule has 0 fully saturated rings. The average Bonchev–Trinajstić information content (AvgIpc) is 2.45. The number of allylic oxidation sites excluding steroid dienone is 2. The van der Waals surface area contributed by atoms with Crippen molar-refractivity contribution >= 4 is 6.09 Å². The van der Waals surface area contributed by atoms with Gasteiger partial charge in [0.2, 0.25) is 0 Å². The summed E-state index contributed by atoms with van der Waals surface area (Å²) in [7, 11) is 0.